The molecule has 0 spiro atoms. The van der Waals surface area contributed by atoms with Gasteiger partial charge in [0.15, 0.2) is 0 Å². The normalized spacial score (nSPS) is 26.3. The summed E-state index contributed by atoms with van der Waals surface area (Å²) < 4.78 is 0. The van der Waals surface area contributed by atoms with E-state index in [-0.39, 0.29) is 6.61 Å². The van der Waals surface area contributed by atoms with Crippen molar-refractivity contribution >= 4 is 5.69 Å². The Hall–Kier alpha value is -1.02. The van der Waals surface area contributed by atoms with Crippen LogP contribution >= 0.6 is 0 Å². The van der Waals surface area contributed by atoms with Gasteiger partial charge >= 0.3 is 0 Å². The number of benzene rings is 1. The molecule has 2 atom stereocenters. The summed E-state index contributed by atoms with van der Waals surface area (Å²) in [5.74, 6) is 0.312. The minimum Gasteiger partial charge on any atom is -0.396 e. The Morgan fingerprint density at radius 2 is 2.23 bits per heavy atom. The van der Waals surface area contributed by atoms with E-state index in [1.165, 1.54) is 11.3 Å². The van der Waals surface area contributed by atoms with Crippen molar-refractivity contribution in [3.63, 3.8) is 0 Å². The van der Waals surface area contributed by atoms with Crippen molar-refractivity contribution in [3.05, 3.63) is 29.8 Å². The summed E-state index contributed by atoms with van der Waals surface area (Å²) in [6.07, 6.45) is 1.02. The highest BCUT2D eigenvalue weighted by atomic mass is 16.3. The number of para-hydroxylation sites is 1. The lowest BCUT2D eigenvalue weighted by Gasteiger charge is -2.30. The lowest BCUT2D eigenvalue weighted by atomic mass is 9.88. The molecule has 1 aliphatic heterocycles. The third-order valence-corrected chi connectivity index (χ3v) is 2.66. The number of aliphatic hydroxyl groups excluding tert-OH is 1. The molecule has 2 rings (SSSR count). The molecule has 1 heterocycles. The summed E-state index contributed by atoms with van der Waals surface area (Å²) >= 11 is 0. The minimum absolute atomic E-state index is 0.253. The predicted molar refractivity (Wildman–Crippen MR) is 54.0 cm³/mol. The first-order valence-electron chi connectivity index (χ1n) is 4.77. The van der Waals surface area contributed by atoms with E-state index in [4.69, 9.17) is 0 Å². The van der Waals surface area contributed by atoms with Crippen LogP contribution in [0.3, 0.4) is 0 Å². The van der Waals surface area contributed by atoms with E-state index < -0.39 is 0 Å². The largest absolute Gasteiger partial charge is 0.396 e. The van der Waals surface area contributed by atoms with Gasteiger partial charge in [0.1, 0.15) is 0 Å². The first-order chi connectivity index (χ1) is 6.31. The second-order valence-electron chi connectivity index (χ2n) is 3.75. The molecule has 0 aromatic heterocycles. The molecule has 0 fully saturated rings. The zero-order valence-electron chi connectivity index (χ0n) is 7.83. The Labute approximate surface area is 78.6 Å². The van der Waals surface area contributed by atoms with Crippen LogP contribution in [-0.4, -0.2) is 17.8 Å². The fourth-order valence-electron chi connectivity index (χ4n) is 2.04. The number of aliphatic hydroxyl groups is 1. The number of hydrogen-bond acceptors (Lipinski definition) is 2. The number of nitrogens with one attached hydrogen (secondary N) is 1. The highest BCUT2D eigenvalue weighted by Gasteiger charge is 2.22. The number of hydrogen-bond donors (Lipinski definition) is 2. The summed E-state index contributed by atoms with van der Waals surface area (Å²) in [4.78, 5) is 0. The van der Waals surface area contributed by atoms with Gasteiger partial charge in [-0.05, 0) is 25.0 Å². The van der Waals surface area contributed by atoms with Crippen LogP contribution in [0.25, 0.3) is 0 Å². The molecule has 2 unspecified atom stereocenters. The number of anilines is 1. The lowest BCUT2D eigenvalue weighted by molar-refractivity contribution is 0.253. The summed E-state index contributed by atoms with van der Waals surface area (Å²) in [5.41, 5.74) is 2.43. The molecular formula is C11H15NO. The molecule has 2 heteroatoms. The standard InChI is InChI=1S/C11H15NO/c1-8-6-9(7-13)10-4-2-3-5-11(10)12-8/h2-5,8-9,12-13H,6-7H2,1H3. The van der Waals surface area contributed by atoms with Gasteiger partial charge in [-0.3, -0.25) is 0 Å². The van der Waals surface area contributed by atoms with Crippen LogP contribution in [0, 0.1) is 0 Å². The van der Waals surface area contributed by atoms with Crippen LogP contribution in [0.2, 0.25) is 0 Å². The predicted octanol–water partition coefficient (Wildman–Crippen LogP) is 1.97. The van der Waals surface area contributed by atoms with E-state index in [1.807, 2.05) is 12.1 Å². The molecule has 1 aromatic carbocycles. The zero-order valence-corrected chi connectivity index (χ0v) is 7.83. The molecule has 2 nitrogen and oxygen atoms in total. The third kappa shape index (κ3) is 1.54. The van der Waals surface area contributed by atoms with E-state index >= 15 is 0 Å². The second kappa shape index (κ2) is 3.38. The van der Waals surface area contributed by atoms with Crippen LogP contribution in [-0.2, 0) is 0 Å². The van der Waals surface area contributed by atoms with Crippen LogP contribution in [0.15, 0.2) is 24.3 Å². The smallest absolute Gasteiger partial charge is 0.0501 e. The summed E-state index contributed by atoms with van der Waals surface area (Å²) in [5, 5.41) is 12.6. The summed E-state index contributed by atoms with van der Waals surface area (Å²) in [6, 6.07) is 8.69. The zero-order chi connectivity index (χ0) is 9.26. The Morgan fingerprint density at radius 3 is 3.00 bits per heavy atom. The Bertz CT molecular complexity index is 298. The molecule has 13 heavy (non-hydrogen) atoms. The Morgan fingerprint density at radius 1 is 1.46 bits per heavy atom. The van der Waals surface area contributed by atoms with Gasteiger partial charge in [0.2, 0.25) is 0 Å². The van der Waals surface area contributed by atoms with Gasteiger partial charge in [0.05, 0.1) is 6.61 Å². The van der Waals surface area contributed by atoms with E-state index in [1.54, 1.807) is 0 Å². The average molecular weight is 177 g/mol. The molecule has 0 aliphatic carbocycles. The van der Waals surface area contributed by atoms with Crippen molar-refractivity contribution in [1.82, 2.24) is 0 Å². The van der Waals surface area contributed by atoms with Gasteiger partial charge in [0.25, 0.3) is 0 Å². The first-order valence-corrected chi connectivity index (χ1v) is 4.77. The fraction of sp³-hybridized carbons (Fsp3) is 0.455. The van der Waals surface area contributed by atoms with E-state index in [0.717, 1.165) is 6.42 Å². The third-order valence-electron chi connectivity index (χ3n) is 2.66. The maximum atomic E-state index is 9.23. The molecule has 0 bridgehead atoms. The Balaban J connectivity index is 2.37. The number of rotatable bonds is 1. The first kappa shape index (κ1) is 8.57. The SMILES string of the molecule is CC1CC(CO)c2ccccc2N1. The van der Waals surface area contributed by atoms with Crippen molar-refractivity contribution in [2.75, 3.05) is 11.9 Å². The molecule has 1 aromatic rings. The summed E-state index contributed by atoms with van der Waals surface area (Å²) in [6.45, 7) is 2.40. The van der Waals surface area contributed by atoms with E-state index in [0.29, 0.717) is 12.0 Å². The van der Waals surface area contributed by atoms with Crippen molar-refractivity contribution in [1.29, 1.82) is 0 Å². The van der Waals surface area contributed by atoms with Gasteiger partial charge in [-0.25, -0.2) is 0 Å². The molecule has 70 valence electrons. The maximum Gasteiger partial charge on any atom is 0.0501 e. The quantitative estimate of drug-likeness (QED) is 0.687. The highest BCUT2D eigenvalue weighted by Crippen LogP contribution is 2.33. The Kier molecular flexibility index (Phi) is 2.23. The fourth-order valence-corrected chi connectivity index (χ4v) is 2.04. The molecule has 0 amide bonds. The van der Waals surface area contributed by atoms with Crippen LogP contribution in [0.4, 0.5) is 5.69 Å². The molecule has 0 saturated carbocycles. The maximum absolute atomic E-state index is 9.23. The van der Waals surface area contributed by atoms with E-state index in [9.17, 15) is 5.11 Å². The van der Waals surface area contributed by atoms with Gasteiger partial charge in [-0.2, -0.15) is 0 Å². The average Bonchev–Trinajstić information content (AvgIpc) is 2.16. The molecule has 0 saturated heterocycles. The van der Waals surface area contributed by atoms with Crippen molar-refractivity contribution < 1.29 is 5.11 Å². The minimum atomic E-state index is 0.253. The molecule has 0 radical (unpaired) electrons. The van der Waals surface area contributed by atoms with Crippen LogP contribution in [0.5, 0.6) is 0 Å². The van der Waals surface area contributed by atoms with Crippen molar-refractivity contribution in [3.8, 4) is 0 Å². The van der Waals surface area contributed by atoms with Crippen molar-refractivity contribution in [2.45, 2.75) is 25.3 Å². The van der Waals surface area contributed by atoms with Crippen molar-refractivity contribution in [2.24, 2.45) is 0 Å². The molecular weight excluding hydrogens is 162 g/mol. The van der Waals surface area contributed by atoms with Gasteiger partial charge in [-0.15, -0.1) is 0 Å². The van der Waals surface area contributed by atoms with Gasteiger partial charge in [0, 0.05) is 17.6 Å². The van der Waals surface area contributed by atoms with Gasteiger partial charge in [-0.1, -0.05) is 18.2 Å². The second-order valence-corrected chi connectivity index (χ2v) is 3.75. The van der Waals surface area contributed by atoms with E-state index in [2.05, 4.69) is 24.4 Å². The molecule has 2 N–H and O–H groups in total. The number of fused-ring (bicyclic) bond motifs is 1. The monoisotopic (exact) mass is 177 g/mol. The molecule has 1 aliphatic rings. The van der Waals surface area contributed by atoms with Gasteiger partial charge < -0.3 is 10.4 Å². The lowest BCUT2D eigenvalue weighted by Crippen LogP contribution is -2.26. The van der Waals surface area contributed by atoms with Crippen LogP contribution < -0.4 is 5.32 Å². The van der Waals surface area contributed by atoms with Crippen LogP contribution in [0.1, 0.15) is 24.8 Å². The highest BCUT2D eigenvalue weighted by molar-refractivity contribution is 5.55. The topological polar surface area (TPSA) is 32.3 Å². The summed E-state index contributed by atoms with van der Waals surface area (Å²) in [7, 11) is 0.